The van der Waals surface area contributed by atoms with Gasteiger partial charge >= 0.3 is 0 Å². The molecule has 126 valence electrons. The average molecular weight is 359 g/mol. The van der Waals surface area contributed by atoms with Crippen LogP contribution in [0, 0.1) is 34.3 Å². The lowest BCUT2D eigenvalue weighted by atomic mass is 10.2. The van der Waals surface area contributed by atoms with Gasteiger partial charge in [-0.15, -0.1) is 0 Å². The van der Waals surface area contributed by atoms with E-state index >= 15 is 0 Å². The SMILES string of the molecule is C[C@H](Sc1nc(N)c(C#N)cc1C#N)C(=O)Nc1ccc(F)c(F)c1. The van der Waals surface area contributed by atoms with Crippen LogP contribution in [0.5, 0.6) is 0 Å². The van der Waals surface area contributed by atoms with E-state index in [9.17, 15) is 13.6 Å². The van der Waals surface area contributed by atoms with Crippen molar-refractivity contribution in [3.05, 3.63) is 47.0 Å². The molecule has 1 aromatic heterocycles. The fraction of sp³-hybridized carbons (Fsp3) is 0.125. The summed E-state index contributed by atoms with van der Waals surface area (Å²) >= 11 is 0.960. The van der Waals surface area contributed by atoms with Gasteiger partial charge < -0.3 is 11.1 Å². The Morgan fingerprint density at radius 3 is 2.52 bits per heavy atom. The number of aromatic nitrogens is 1. The highest BCUT2D eigenvalue weighted by molar-refractivity contribution is 8.00. The highest BCUT2D eigenvalue weighted by Gasteiger charge is 2.19. The lowest BCUT2D eigenvalue weighted by Gasteiger charge is -2.13. The van der Waals surface area contributed by atoms with Crippen LogP contribution in [-0.2, 0) is 4.79 Å². The molecule has 25 heavy (non-hydrogen) atoms. The summed E-state index contributed by atoms with van der Waals surface area (Å²) in [7, 11) is 0. The predicted octanol–water partition coefficient (Wildman–Crippen LogP) is 2.80. The highest BCUT2D eigenvalue weighted by atomic mass is 32.2. The Kier molecular flexibility index (Phi) is 5.52. The van der Waals surface area contributed by atoms with Gasteiger partial charge in [-0.2, -0.15) is 10.5 Å². The van der Waals surface area contributed by atoms with Gasteiger partial charge in [0.05, 0.1) is 16.4 Å². The molecule has 0 aliphatic carbocycles. The molecule has 1 aromatic carbocycles. The first-order chi connectivity index (χ1) is 11.8. The maximum atomic E-state index is 13.2. The molecule has 0 spiro atoms. The number of anilines is 2. The quantitative estimate of drug-likeness (QED) is 0.811. The van der Waals surface area contributed by atoms with Gasteiger partial charge in [0, 0.05) is 11.8 Å². The number of nitrogen functional groups attached to an aromatic ring is 1. The summed E-state index contributed by atoms with van der Waals surface area (Å²) < 4.78 is 26.1. The molecule has 9 heteroatoms. The number of nitriles is 2. The van der Waals surface area contributed by atoms with Gasteiger partial charge in [-0.1, -0.05) is 11.8 Å². The van der Waals surface area contributed by atoms with E-state index < -0.39 is 22.8 Å². The summed E-state index contributed by atoms with van der Waals surface area (Å²) in [5.74, 6) is -2.63. The highest BCUT2D eigenvalue weighted by Crippen LogP contribution is 2.28. The number of amides is 1. The van der Waals surface area contributed by atoms with Crippen LogP contribution in [-0.4, -0.2) is 16.1 Å². The first-order valence-electron chi connectivity index (χ1n) is 6.89. The van der Waals surface area contributed by atoms with Crippen LogP contribution in [0.3, 0.4) is 0 Å². The third-order valence-electron chi connectivity index (χ3n) is 3.10. The first kappa shape index (κ1) is 18.2. The van der Waals surface area contributed by atoms with Crippen molar-refractivity contribution in [3.63, 3.8) is 0 Å². The van der Waals surface area contributed by atoms with Crippen LogP contribution in [0.1, 0.15) is 18.1 Å². The molecule has 1 heterocycles. The number of halogens is 2. The number of pyridine rings is 1. The molecule has 3 N–H and O–H groups in total. The van der Waals surface area contributed by atoms with Gasteiger partial charge in [0.2, 0.25) is 5.91 Å². The van der Waals surface area contributed by atoms with Crippen molar-refractivity contribution in [1.29, 1.82) is 10.5 Å². The van der Waals surface area contributed by atoms with Crippen molar-refractivity contribution >= 4 is 29.2 Å². The maximum absolute atomic E-state index is 13.2. The fourth-order valence-corrected chi connectivity index (χ4v) is 2.69. The minimum Gasteiger partial charge on any atom is -0.383 e. The maximum Gasteiger partial charge on any atom is 0.237 e. The van der Waals surface area contributed by atoms with Crippen molar-refractivity contribution in [3.8, 4) is 12.1 Å². The molecule has 0 saturated heterocycles. The monoisotopic (exact) mass is 359 g/mol. The second-order valence-corrected chi connectivity index (χ2v) is 6.21. The van der Waals surface area contributed by atoms with Crippen LogP contribution in [0.4, 0.5) is 20.3 Å². The van der Waals surface area contributed by atoms with E-state index in [4.69, 9.17) is 16.3 Å². The molecule has 0 fully saturated rings. The van der Waals surface area contributed by atoms with Crippen LogP contribution in [0.25, 0.3) is 0 Å². The summed E-state index contributed by atoms with van der Waals surface area (Å²) in [5, 5.41) is 20.0. The number of carbonyl (C=O) groups excluding carboxylic acids is 1. The molecule has 1 amide bonds. The first-order valence-corrected chi connectivity index (χ1v) is 7.77. The number of hydrogen-bond acceptors (Lipinski definition) is 6. The molecular formula is C16H11F2N5OS. The summed E-state index contributed by atoms with van der Waals surface area (Å²) in [5.41, 5.74) is 5.91. The summed E-state index contributed by atoms with van der Waals surface area (Å²) in [6.07, 6.45) is 0. The van der Waals surface area contributed by atoms with E-state index in [1.165, 1.54) is 12.1 Å². The predicted molar refractivity (Wildman–Crippen MR) is 88.4 cm³/mol. The molecule has 0 unspecified atom stereocenters. The summed E-state index contributed by atoms with van der Waals surface area (Å²) in [6, 6.07) is 8.01. The Morgan fingerprint density at radius 1 is 1.24 bits per heavy atom. The Bertz CT molecular complexity index is 920. The molecule has 2 rings (SSSR count). The van der Waals surface area contributed by atoms with Gasteiger partial charge in [-0.05, 0) is 25.1 Å². The molecular weight excluding hydrogens is 348 g/mol. The average Bonchev–Trinajstić information content (AvgIpc) is 2.58. The van der Waals surface area contributed by atoms with Gasteiger partial charge in [-0.3, -0.25) is 4.79 Å². The van der Waals surface area contributed by atoms with Gasteiger partial charge in [-0.25, -0.2) is 13.8 Å². The molecule has 0 bridgehead atoms. The number of carbonyl (C=O) groups is 1. The lowest BCUT2D eigenvalue weighted by molar-refractivity contribution is -0.115. The number of hydrogen-bond donors (Lipinski definition) is 2. The van der Waals surface area contributed by atoms with Crippen molar-refractivity contribution in [2.75, 3.05) is 11.1 Å². The van der Waals surface area contributed by atoms with Gasteiger partial charge in [0.15, 0.2) is 11.6 Å². The lowest BCUT2D eigenvalue weighted by Crippen LogP contribution is -2.22. The molecule has 0 saturated carbocycles. The fourth-order valence-electron chi connectivity index (χ4n) is 1.81. The number of nitrogens with zero attached hydrogens (tertiary/aromatic N) is 3. The molecule has 2 aromatic rings. The van der Waals surface area contributed by atoms with Crippen LogP contribution in [0.2, 0.25) is 0 Å². The molecule has 6 nitrogen and oxygen atoms in total. The molecule has 0 aliphatic heterocycles. The molecule has 0 radical (unpaired) electrons. The van der Waals surface area contributed by atoms with E-state index in [-0.39, 0.29) is 27.7 Å². The second-order valence-electron chi connectivity index (χ2n) is 4.88. The zero-order valence-electron chi connectivity index (χ0n) is 12.9. The largest absolute Gasteiger partial charge is 0.383 e. The third-order valence-corrected chi connectivity index (χ3v) is 4.20. The Hall–Kier alpha value is -3.17. The van der Waals surface area contributed by atoms with Crippen LogP contribution in [0.15, 0.2) is 29.3 Å². The smallest absolute Gasteiger partial charge is 0.237 e. The number of nitrogens with one attached hydrogen (secondary N) is 1. The van der Waals surface area contributed by atoms with Crippen molar-refractivity contribution in [2.45, 2.75) is 17.2 Å². The minimum atomic E-state index is -1.08. The topological polar surface area (TPSA) is 116 Å². The Balaban J connectivity index is 2.16. The van der Waals surface area contributed by atoms with Gasteiger partial charge in [0.1, 0.15) is 23.0 Å². The van der Waals surface area contributed by atoms with E-state index in [1.807, 2.05) is 12.1 Å². The van der Waals surface area contributed by atoms with E-state index in [1.54, 1.807) is 6.92 Å². The van der Waals surface area contributed by atoms with Crippen LogP contribution < -0.4 is 11.1 Å². The third kappa shape index (κ3) is 4.22. The normalized spacial score (nSPS) is 11.2. The van der Waals surface area contributed by atoms with E-state index in [2.05, 4.69) is 10.3 Å². The summed E-state index contributed by atoms with van der Waals surface area (Å²) in [4.78, 5) is 16.2. The molecule has 1 atom stereocenters. The zero-order chi connectivity index (χ0) is 18.6. The van der Waals surface area contributed by atoms with Crippen molar-refractivity contribution in [2.24, 2.45) is 0 Å². The van der Waals surface area contributed by atoms with Crippen molar-refractivity contribution < 1.29 is 13.6 Å². The number of benzene rings is 1. The number of thioether (sulfide) groups is 1. The molecule has 0 aliphatic rings. The minimum absolute atomic E-state index is 0.0442. The Labute approximate surface area is 146 Å². The standard InChI is InChI=1S/C16H11F2N5OS/c1-8(15(24)22-11-2-3-12(17)13(18)5-11)25-16-10(7-20)4-9(6-19)14(21)23-16/h2-5,8H,1H3,(H2,21,23)(H,22,24)/t8-/m0/s1. The van der Waals surface area contributed by atoms with E-state index in [0.29, 0.717) is 0 Å². The number of rotatable bonds is 4. The zero-order valence-corrected chi connectivity index (χ0v) is 13.7. The number of nitrogens with two attached hydrogens (primary N) is 1. The van der Waals surface area contributed by atoms with Crippen molar-refractivity contribution in [1.82, 2.24) is 4.98 Å². The second kappa shape index (κ2) is 7.60. The van der Waals surface area contributed by atoms with Gasteiger partial charge in [0.25, 0.3) is 0 Å². The van der Waals surface area contributed by atoms with Crippen LogP contribution >= 0.6 is 11.8 Å². The summed E-state index contributed by atoms with van der Waals surface area (Å²) in [6.45, 7) is 1.55. The van der Waals surface area contributed by atoms with E-state index in [0.717, 1.165) is 23.9 Å². The Morgan fingerprint density at radius 2 is 1.92 bits per heavy atom.